The number of aromatic nitrogens is 2. The van der Waals surface area contributed by atoms with E-state index in [-0.39, 0.29) is 25.5 Å². The Kier molecular flexibility index (Phi) is 10.4. The molecular formula is C45H38IrN2OSi-2. The minimum Gasteiger partial charge on any atom is -0.501 e. The molecule has 50 heavy (non-hydrogen) atoms. The van der Waals surface area contributed by atoms with Crippen molar-refractivity contribution in [1.29, 1.82) is 0 Å². The summed E-state index contributed by atoms with van der Waals surface area (Å²) in [7, 11) is -2.32. The van der Waals surface area contributed by atoms with E-state index in [4.69, 9.17) is 4.42 Å². The largest absolute Gasteiger partial charge is 0.501 e. The number of hydrogen-bond donors (Lipinski definition) is 0. The zero-order valence-electron chi connectivity index (χ0n) is 28.6. The van der Waals surface area contributed by atoms with Gasteiger partial charge in [-0.2, -0.15) is 0 Å². The summed E-state index contributed by atoms with van der Waals surface area (Å²) in [5.41, 5.74) is 7.08. The smallest absolute Gasteiger partial charge is 0.150 e. The fourth-order valence-electron chi connectivity index (χ4n) is 6.48. The maximum Gasteiger partial charge on any atom is 0.150 e. The van der Waals surface area contributed by atoms with Crippen molar-refractivity contribution in [2.24, 2.45) is 0 Å². The average molecular weight is 843 g/mol. The van der Waals surface area contributed by atoms with E-state index < -0.39 is 8.07 Å². The quantitative estimate of drug-likeness (QED) is 0.0986. The average Bonchev–Trinajstić information content (AvgIpc) is 3.55. The van der Waals surface area contributed by atoms with Gasteiger partial charge < -0.3 is 14.4 Å². The first kappa shape index (κ1) is 34.9. The molecule has 1 radical (unpaired) electrons. The van der Waals surface area contributed by atoms with Crippen molar-refractivity contribution in [2.45, 2.75) is 32.7 Å². The number of fused-ring (bicyclic) bond motifs is 3. The first-order chi connectivity index (χ1) is 23.8. The van der Waals surface area contributed by atoms with Crippen molar-refractivity contribution in [3.05, 3.63) is 176 Å². The van der Waals surface area contributed by atoms with Crippen LogP contribution in [-0.2, 0) is 25.5 Å². The molecule has 3 heterocycles. The van der Waals surface area contributed by atoms with E-state index in [1.165, 1.54) is 21.1 Å². The predicted octanol–water partition coefficient (Wildman–Crippen LogP) is 9.39. The van der Waals surface area contributed by atoms with Gasteiger partial charge in [-0.05, 0) is 50.1 Å². The molecule has 5 heteroatoms. The number of nitrogens with zero attached hydrogens (tertiary/aromatic N) is 2. The molecule has 3 aromatic heterocycles. The standard InChI is InChI=1S/C30H22NOSi.C15H16N.Ir/c1-33(22-12-4-2-5-13-22,23-14-6-3-7-15-23)28-20-11-17-25-24-16-10-18-26(29(24)32-30(25)28)27-19-8-9-21-31-27;1-15(2,3)13-9-10-16-14(11-13)12-7-5-4-6-8-12;/h2-17,19-21H,1H3;4-7,9-11H,1-3H3;/q2*-1;. The molecule has 0 bridgehead atoms. The van der Waals surface area contributed by atoms with Gasteiger partial charge in [-0.15, -0.1) is 54.1 Å². The van der Waals surface area contributed by atoms with Gasteiger partial charge in [0.1, 0.15) is 13.7 Å². The molecule has 8 rings (SSSR count). The Morgan fingerprint density at radius 3 is 1.88 bits per heavy atom. The van der Waals surface area contributed by atoms with Crippen molar-refractivity contribution >= 4 is 45.6 Å². The van der Waals surface area contributed by atoms with E-state index in [0.717, 1.165) is 44.5 Å². The van der Waals surface area contributed by atoms with E-state index in [9.17, 15) is 0 Å². The third-order valence-electron chi connectivity index (χ3n) is 9.23. The van der Waals surface area contributed by atoms with Gasteiger partial charge in [-0.25, -0.2) is 0 Å². The molecule has 0 saturated carbocycles. The molecular weight excluding hydrogens is 805 g/mol. The minimum absolute atomic E-state index is 0. The number of benzene rings is 5. The molecule has 0 spiro atoms. The van der Waals surface area contributed by atoms with Gasteiger partial charge in [0, 0.05) is 37.9 Å². The second-order valence-electron chi connectivity index (χ2n) is 13.4. The van der Waals surface area contributed by atoms with Crippen LogP contribution in [0.1, 0.15) is 26.3 Å². The zero-order valence-corrected chi connectivity index (χ0v) is 32.0. The summed E-state index contributed by atoms with van der Waals surface area (Å²) in [5.74, 6) is 0. The Labute approximate surface area is 309 Å². The predicted molar refractivity (Wildman–Crippen MR) is 206 cm³/mol. The third-order valence-corrected chi connectivity index (χ3v) is 13.7. The molecule has 0 aliphatic heterocycles. The summed E-state index contributed by atoms with van der Waals surface area (Å²) in [4.78, 5) is 8.94. The molecule has 5 aromatic carbocycles. The second kappa shape index (κ2) is 14.9. The maximum atomic E-state index is 6.72. The van der Waals surface area contributed by atoms with Gasteiger partial charge in [-0.1, -0.05) is 135 Å². The van der Waals surface area contributed by atoms with Crippen LogP contribution in [0, 0.1) is 12.1 Å². The fourth-order valence-corrected chi connectivity index (χ4v) is 10.2. The van der Waals surface area contributed by atoms with Crippen LogP contribution >= 0.6 is 0 Å². The van der Waals surface area contributed by atoms with Gasteiger partial charge in [0.15, 0.2) is 0 Å². The topological polar surface area (TPSA) is 38.9 Å². The first-order valence-corrected chi connectivity index (χ1v) is 19.2. The summed E-state index contributed by atoms with van der Waals surface area (Å²) in [6.45, 7) is 9.05. The van der Waals surface area contributed by atoms with Crippen molar-refractivity contribution in [2.75, 3.05) is 0 Å². The Morgan fingerprint density at radius 2 is 1.24 bits per heavy atom. The number of furan rings is 1. The first-order valence-electron chi connectivity index (χ1n) is 16.7. The maximum absolute atomic E-state index is 6.72. The summed E-state index contributed by atoms with van der Waals surface area (Å²) in [6.07, 6.45) is 3.68. The van der Waals surface area contributed by atoms with Crippen molar-refractivity contribution in [3.8, 4) is 22.5 Å². The van der Waals surface area contributed by atoms with Crippen LogP contribution in [-0.4, -0.2) is 18.0 Å². The molecule has 8 aromatic rings. The minimum atomic E-state index is -2.32. The molecule has 0 atom stereocenters. The second-order valence-corrected chi connectivity index (χ2v) is 17.4. The van der Waals surface area contributed by atoms with Crippen LogP contribution in [0.15, 0.2) is 162 Å². The van der Waals surface area contributed by atoms with Crippen LogP contribution in [0.3, 0.4) is 0 Å². The molecule has 249 valence electrons. The molecule has 0 N–H and O–H groups in total. The van der Waals surface area contributed by atoms with Crippen molar-refractivity contribution < 1.29 is 24.5 Å². The normalized spacial score (nSPS) is 11.4. The Hall–Kier alpha value is -4.93. The summed E-state index contributed by atoms with van der Waals surface area (Å²) < 4.78 is 6.72. The van der Waals surface area contributed by atoms with Crippen molar-refractivity contribution in [3.63, 3.8) is 0 Å². The number of hydrogen-bond acceptors (Lipinski definition) is 3. The molecule has 0 fully saturated rings. The molecule has 3 nitrogen and oxygen atoms in total. The SMILES string of the molecule is CC(C)(C)c1ccnc(-c2[c-]cccc2)c1.C[Si](c1ccccc1)(c1ccccc1)c1cccc2c1oc1c(-c3ccccn3)[c-]ccc12.[Ir]. The molecule has 0 saturated heterocycles. The van der Waals surface area contributed by atoms with Gasteiger partial charge >= 0.3 is 0 Å². The van der Waals surface area contributed by atoms with E-state index in [1.54, 1.807) is 0 Å². The van der Waals surface area contributed by atoms with Crippen LogP contribution in [0.4, 0.5) is 0 Å². The fraction of sp³-hybridized carbons (Fsp3) is 0.111. The molecule has 0 unspecified atom stereocenters. The van der Waals surface area contributed by atoms with Crippen LogP contribution < -0.4 is 15.6 Å². The van der Waals surface area contributed by atoms with Crippen LogP contribution in [0.25, 0.3) is 44.5 Å². The van der Waals surface area contributed by atoms with Crippen molar-refractivity contribution in [1.82, 2.24) is 9.97 Å². The van der Waals surface area contributed by atoms with Gasteiger partial charge in [0.05, 0.1) is 5.58 Å². The molecule has 0 aliphatic carbocycles. The van der Waals surface area contributed by atoms with E-state index in [2.05, 4.69) is 146 Å². The summed E-state index contributed by atoms with van der Waals surface area (Å²) in [5, 5.41) is 6.24. The number of pyridine rings is 2. The monoisotopic (exact) mass is 843 g/mol. The van der Waals surface area contributed by atoms with E-state index in [0.29, 0.717) is 0 Å². The Bertz CT molecular complexity index is 2280. The van der Waals surface area contributed by atoms with Gasteiger partial charge in [0.25, 0.3) is 0 Å². The van der Waals surface area contributed by atoms with E-state index in [1.807, 2.05) is 60.9 Å². The number of para-hydroxylation sites is 1. The van der Waals surface area contributed by atoms with Crippen LogP contribution in [0.2, 0.25) is 6.55 Å². The third kappa shape index (κ3) is 6.90. The zero-order chi connectivity index (χ0) is 33.8. The van der Waals surface area contributed by atoms with Gasteiger partial charge in [-0.3, -0.25) is 0 Å². The molecule has 0 aliphatic rings. The Balaban J connectivity index is 0.000000215. The molecule has 0 amide bonds. The van der Waals surface area contributed by atoms with E-state index >= 15 is 0 Å². The van der Waals surface area contributed by atoms with Crippen LogP contribution in [0.5, 0.6) is 0 Å². The summed E-state index contributed by atoms with van der Waals surface area (Å²) in [6, 6.07) is 57.0. The Morgan fingerprint density at radius 1 is 0.580 bits per heavy atom. The summed E-state index contributed by atoms with van der Waals surface area (Å²) >= 11 is 0. The van der Waals surface area contributed by atoms with Gasteiger partial charge in [0.2, 0.25) is 0 Å². The number of rotatable bonds is 5.